The molecular formula is C13H13BrFNO. The number of nitrogens with zero attached hydrogens (tertiary/aromatic N) is 1. The Morgan fingerprint density at radius 3 is 2.82 bits per heavy atom. The number of hydrogen-bond acceptors (Lipinski definition) is 1. The summed E-state index contributed by atoms with van der Waals surface area (Å²) in [5.41, 5.74) is 1.42. The summed E-state index contributed by atoms with van der Waals surface area (Å²) in [5, 5.41) is 0. The van der Waals surface area contributed by atoms with Crippen LogP contribution < -0.4 is 0 Å². The topological polar surface area (TPSA) is 20.3 Å². The van der Waals surface area contributed by atoms with E-state index < -0.39 is 5.82 Å². The van der Waals surface area contributed by atoms with Crippen molar-refractivity contribution in [3.63, 3.8) is 0 Å². The quantitative estimate of drug-likeness (QED) is 0.728. The van der Waals surface area contributed by atoms with Gasteiger partial charge < -0.3 is 4.90 Å². The average molecular weight is 298 g/mol. The van der Waals surface area contributed by atoms with Crippen molar-refractivity contribution in [2.45, 2.75) is 13.3 Å². The average Bonchev–Trinajstić information content (AvgIpc) is 2.29. The van der Waals surface area contributed by atoms with E-state index in [1.807, 2.05) is 13.0 Å². The molecule has 17 heavy (non-hydrogen) atoms. The monoisotopic (exact) mass is 297 g/mol. The van der Waals surface area contributed by atoms with E-state index in [1.54, 1.807) is 11.0 Å². The Balaban J connectivity index is 2.20. The SMILES string of the molecule is CC1=CCN(C(=O)c2ccc(Br)cc2F)CC1. The van der Waals surface area contributed by atoms with Gasteiger partial charge in [-0.3, -0.25) is 4.79 Å². The van der Waals surface area contributed by atoms with Crippen LogP contribution in [0.2, 0.25) is 0 Å². The minimum absolute atomic E-state index is 0.140. The first-order valence-electron chi connectivity index (χ1n) is 5.48. The second-order valence-electron chi connectivity index (χ2n) is 4.18. The van der Waals surface area contributed by atoms with Crippen LogP contribution in [0.3, 0.4) is 0 Å². The minimum atomic E-state index is -0.476. The van der Waals surface area contributed by atoms with Gasteiger partial charge in [-0.2, -0.15) is 0 Å². The zero-order valence-corrected chi connectivity index (χ0v) is 11.1. The van der Waals surface area contributed by atoms with Gasteiger partial charge in [0.15, 0.2) is 0 Å². The number of hydrogen-bond donors (Lipinski definition) is 0. The highest BCUT2D eigenvalue weighted by atomic mass is 79.9. The van der Waals surface area contributed by atoms with E-state index in [-0.39, 0.29) is 11.5 Å². The first-order valence-corrected chi connectivity index (χ1v) is 6.27. The third-order valence-electron chi connectivity index (χ3n) is 2.88. The van der Waals surface area contributed by atoms with Gasteiger partial charge in [0.2, 0.25) is 0 Å². The molecule has 1 aliphatic rings. The van der Waals surface area contributed by atoms with Crippen LogP contribution in [0.1, 0.15) is 23.7 Å². The van der Waals surface area contributed by atoms with E-state index in [9.17, 15) is 9.18 Å². The smallest absolute Gasteiger partial charge is 0.257 e. The molecule has 0 unspecified atom stereocenters. The summed E-state index contributed by atoms with van der Waals surface area (Å²) in [6.45, 7) is 3.28. The molecular weight excluding hydrogens is 285 g/mol. The Kier molecular flexibility index (Phi) is 3.62. The molecule has 1 aromatic carbocycles. The molecule has 4 heteroatoms. The van der Waals surface area contributed by atoms with Gasteiger partial charge in [0.05, 0.1) is 5.56 Å². The van der Waals surface area contributed by atoms with Crippen molar-refractivity contribution < 1.29 is 9.18 Å². The van der Waals surface area contributed by atoms with Crippen molar-refractivity contribution in [3.8, 4) is 0 Å². The van der Waals surface area contributed by atoms with E-state index in [2.05, 4.69) is 15.9 Å². The van der Waals surface area contributed by atoms with Gasteiger partial charge in [-0.15, -0.1) is 0 Å². The second-order valence-corrected chi connectivity index (χ2v) is 5.09. The summed E-state index contributed by atoms with van der Waals surface area (Å²) in [7, 11) is 0. The summed E-state index contributed by atoms with van der Waals surface area (Å²) in [4.78, 5) is 13.7. The summed E-state index contributed by atoms with van der Waals surface area (Å²) in [6.07, 6.45) is 2.88. The van der Waals surface area contributed by atoms with Gasteiger partial charge in [-0.05, 0) is 31.5 Å². The third-order valence-corrected chi connectivity index (χ3v) is 3.38. The van der Waals surface area contributed by atoms with Crippen LogP contribution in [-0.2, 0) is 0 Å². The molecule has 0 fully saturated rings. The van der Waals surface area contributed by atoms with Crippen LogP contribution in [0.5, 0.6) is 0 Å². The van der Waals surface area contributed by atoms with E-state index in [0.717, 1.165) is 6.42 Å². The van der Waals surface area contributed by atoms with Crippen LogP contribution >= 0.6 is 15.9 Å². The maximum absolute atomic E-state index is 13.6. The van der Waals surface area contributed by atoms with Gasteiger partial charge in [0.1, 0.15) is 5.82 Å². The Bertz CT molecular complexity index is 484. The number of benzene rings is 1. The Morgan fingerprint density at radius 1 is 1.47 bits per heavy atom. The molecule has 2 nitrogen and oxygen atoms in total. The van der Waals surface area contributed by atoms with Crippen molar-refractivity contribution >= 4 is 21.8 Å². The lowest BCUT2D eigenvalue weighted by molar-refractivity contribution is 0.0764. The minimum Gasteiger partial charge on any atom is -0.335 e. The molecule has 0 atom stereocenters. The van der Waals surface area contributed by atoms with Gasteiger partial charge in [0, 0.05) is 17.6 Å². The van der Waals surface area contributed by atoms with Crippen LogP contribution in [0.4, 0.5) is 4.39 Å². The van der Waals surface area contributed by atoms with E-state index >= 15 is 0 Å². The highest BCUT2D eigenvalue weighted by molar-refractivity contribution is 9.10. The lowest BCUT2D eigenvalue weighted by Gasteiger charge is -2.25. The van der Waals surface area contributed by atoms with E-state index in [0.29, 0.717) is 17.6 Å². The lowest BCUT2D eigenvalue weighted by Crippen LogP contribution is -2.35. The Labute approximate surface area is 108 Å². The Hall–Kier alpha value is -1.16. The number of halogens is 2. The van der Waals surface area contributed by atoms with E-state index in [4.69, 9.17) is 0 Å². The highest BCUT2D eigenvalue weighted by Crippen LogP contribution is 2.18. The molecule has 0 saturated carbocycles. The van der Waals surface area contributed by atoms with Gasteiger partial charge in [-0.25, -0.2) is 4.39 Å². The van der Waals surface area contributed by atoms with Crippen LogP contribution in [0, 0.1) is 5.82 Å². The molecule has 90 valence electrons. The summed E-state index contributed by atoms with van der Waals surface area (Å²) < 4.78 is 14.3. The Morgan fingerprint density at radius 2 is 2.24 bits per heavy atom. The largest absolute Gasteiger partial charge is 0.335 e. The molecule has 1 aliphatic heterocycles. The molecule has 0 radical (unpaired) electrons. The first-order chi connectivity index (χ1) is 8.08. The molecule has 0 aliphatic carbocycles. The second kappa shape index (κ2) is 5.00. The van der Waals surface area contributed by atoms with Crippen molar-refractivity contribution in [2.24, 2.45) is 0 Å². The fourth-order valence-electron chi connectivity index (χ4n) is 1.79. The third kappa shape index (κ3) is 2.75. The van der Waals surface area contributed by atoms with Crippen molar-refractivity contribution in [2.75, 3.05) is 13.1 Å². The van der Waals surface area contributed by atoms with Crippen molar-refractivity contribution in [1.82, 2.24) is 4.90 Å². The van der Waals surface area contributed by atoms with Gasteiger partial charge >= 0.3 is 0 Å². The number of carbonyl (C=O) groups is 1. The molecule has 0 bridgehead atoms. The molecule has 0 saturated heterocycles. The van der Waals surface area contributed by atoms with E-state index in [1.165, 1.54) is 17.7 Å². The summed E-state index contributed by atoms with van der Waals surface area (Å²) in [5.74, 6) is -0.714. The van der Waals surface area contributed by atoms with Crippen molar-refractivity contribution in [3.05, 3.63) is 45.7 Å². The predicted molar refractivity (Wildman–Crippen MR) is 68.4 cm³/mol. The fraction of sp³-hybridized carbons (Fsp3) is 0.308. The van der Waals surface area contributed by atoms with Crippen molar-refractivity contribution in [1.29, 1.82) is 0 Å². The summed E-state index contributed by atoms with van der Waals surface area (Å²) >= 11 is 3.17. The first kappa shape index (κ1) is 12.3. The molecule has 1 heterocycles. The fourth-order valence-corrected chi connectivity index (χ4v) is 2.12. The zero-order chi connectivity index (χ0) is 12.4. The van der Waals surface area contributed by atoms with Gasteiger partial charge in [-0.1, -0.05) is 27.6 Å². The maximum Gasteiger partial charge on any atom is 0.257 e. The molecule has 2 rings (SSSR count). The van der Waals surface area contributed by atoms with Crippen LogP contribution in [0.15, 0.2) is 34.3 Å². The normalized spacial score (nSPS) is 15.7. The van der Waals surface area contributed by atoms with Crippen LogP contribution in [0.25, 0.3) is 0 Å². The zero-order valence-electron chi connectivity index (χ0n) is 9.54. The molecule has 0 spiro atoms. The number of rotatable bonds is 1. The molecule has 1 aromatic rings. The highest BCUT2D eigenvalue weighted by Gasteiger charge is 2.20. The lowest BCUT2D eigenvalue weighted by atomic mass is 10.1. The molecule has 0 N–H and O–H groups in total. The standard InChI is InChI=1S/C13H13BrFNO/c1-9-4-6-16(7-5-9)13(17)11-3-2-10(14)8-12(11)15/h2-4,8H,5-7H2,1H3. The maximum atomic E-state index is 13.6. The number of amides is 1. The van der Waals surface area contributed by atoms with Gasteiger partial charge in [0.25, 0.3) is 5.91 Å². The predicted octanol–water partition coefficient (Wildman–Crippen LogP) is 3.38. The number of carbonyl (C=O) groups excluding carboxylic acids is 1. The molecule has 1 amide bonds. The summed E-state index contributed by atoms with van der Waals surface area (Å²) in [6, 6.07) is 4.52. The van der Waals surface area contributed by atoms with Crippen LogP contribution in [-0.4, -0.2) is 23.9 Å². The molecule has 0 aromatic heterocycles.